The maximum absolute atomic E-state index is 12.1. The van der Waals surface area contributed by atoms with Crippen LogP contribution in [0.2, 0.25) is 0 Å². The van der Waals surface area contributed by atoms with E-state index in [2.05, 4.69) is 83.3 Å². The van der Waals surface area contributed by atoms with Crippen LogP contribution in [0.3, 0.4) is 0 Å². The minimum Gasteiger partial charge on any atom is -0.480 e. The predicted molar refractivity (Wildman–Crippen MR) is 173 cm³/mol. The van der Waals surface area contributed by atoms with Gasteiger partial charge in [0.2, 0.25) is 11.8 Å². The molecule has 0 unspecified atom stereocenters. The molecule has 7 nitrogen and oxygen atoms in total. The first kappa shape index (κ1) is 36.0. The second-order valence-corrected chi connectivity index (χ2v) is 9.80. The number of carbonyl (C=O) groups is 3. The Bertz CT molecular complexity index is 1060. The smallest absolute Gasteiger partial charge is 0.326 e. The number of nitrogens with one attached hydrogen (secondary N) is 2. The van der Waals surface area contributed by atoms with Gasteiger partial charge in [0.1, 0.15) is 6.04 Å². The highest BCUT2D eigenvalue weighted by atomic mass is 16.4. The molecule has 0 aromatic carbocycles. The third-order valence-corrected chi connectivity index (χ3v) is 6.11. The number of allylic oxidation sites excluding steroid dienone is 10. The molecule has 0 saturated heterocycles. The zero-order valence-electron chi connectivity index (χ0n) is 25.1. The number of unbranched alkanes of at least 4 members (excludes halogenated alkanes) is 2. The van der Waals surface area contributed by atoms with Crippen molar-refractivity contribution in [2.24, 2.45) is 0 Å². The van der Waals surface area contributed by atoms with Crippen molar-refractivity contribution in [3.63, 3.8) is 0 Å². The largest absolute Gasteiger partial charge is 0.480 e. The summed E-state index contributed by atoms with van der Waals surface area (Å²) in [5.74, 6) is -1.40. The van der Waals surface area contributed by atoms with E-state index in [4.69, 9.17) is 0 Å². The number of pyridine rings is 1. The van der Waals surface area contributed by atoms with Crippen molar-refractivity contribution >= 4 is 23.9 Å². The molecule has 3 N–H and O–H groups in total. The van der Waals surface area contributed by atoms with Gasteiger partial charge in [0.25, 0.3) is 0 Å². The van der Waals surface area contributed by atoms with Crippen LogP contribution >= 0.6 is 0 Å². The van der Waals surface area contributed by atoms with E-state index in [0.717, 1.165) is 50.5 Å². The highest BCUT2D eigenvalue weighted by Crippen LogP contribution is 2.04. The van der Waals surface area contributed by atoms with E-state index in [-0.39, 0.29) is 18.2 Å². The predicted octanol–water partition coefficient (Wildman–Crippen LogP) is 7.26. The van der Waals surface area contributed by atoms with Crippen LogP contribution in [0.25, 0.3) is 6.08 Å². The number of hydrogen-bond acceptors (Lipinski definition) is 4. The second kappa shape index (κ2) is 25.9. The van der Waals surface area contributed by atoms with Crippen LogP contribution in [0, 0.1) is 0 Å². The van der Waals surface area contributed by atoms with Crippen molar-refractivity contribution < 1.29 is 19.5 Å². The topological polar surface area (TPSA) is 108 Å². The number of nitrogens with zero attached hydrogens (tertiary/aromatic N) is 1. The lowest BCUT2D eigenvalue weighted by molar-refractivity contribution is -0.142. The molecule has 0 aliphatic carbocycles. The zero-order valence-corrected chi connectivity index (χ0v) is 25.1. The summed E-state index contributed by atoms with van der Waals surface area (Å²) >= 11 is 0. The van der Waals surface area contributed by atoms with Crippen molar-refractivity contribution in [3.8, 4) is 0 Å². The normalized spacial score (nSPS) is 12.9. The lowest BCUT2D eigenvalue weighted by Gasteiger charge is -2.14. The third-order valence-electron chi connectivity index (χ3n) is 6.11. The maximum atomic E-state index is 12.1. The lowest BCUT2D eigenvalue weighted by Crippen LogP contribution is -2.40. The molecule has 2 amide bonds. The molecule has 0 aliphatic heterocycles. The first-order chi connectivity index (χ1) is 20.5. The molecule has 1 atom stereocenters. The fourth-order valence-corrected chi connectivity index (χ4v) is 3.83. The van der Waals surface area contributed by atoms with E-state index in [9.17, 15) is 19.5 Å². The van der Waals surface area contributed by atoms with Gasteiger partial charge in [-0.05, 0) is 75.8 Å². The summed E-state index contributed by atoms with van der Waals surface area (Å²) < 4.78 is 0. The lowest BCUT2D eigenvalue weighted by atomic mass is 10.1. The Balaban J connectivity index is 2.05. The molecule has 0 radical (unpaired) electrons. The van der Waals surface area contributed by atoms with E-state index < -0.39 is 12.0 Å². The van der Waals surface area contributed by atoms with Gasteiger partial charge in [-0.2, -0.15) is 0 Å². The first-order valence-electron chi connectivity index (χ1n) is 15.1. The molecule has 0 aliphatic rings. The Labute approximate surface area is 252 Å². The number of carboxylic acid groups (broad SMARTS) is 1. The summed E-state index contributed by atoms with van der Waals surface area (Å²) in [5, 5.41) is 14.9. The molecular weight excluding hydrogens is 526 g/mol. The fraction of sp³-hybridized carbons (Fsp3) is 0.429. The van der Waals surface area contributed by atoms with E-state index in [1.807, 2.05) is 6.07 Å². The minimum atomic E-state index is -1.06. The van der Waals surface area contributed by atoms with Gasteiger partial charge in [-0.1, -0.05) is 85.9 Å². The van der Waals surface area contributed by atoms with Crippen molar-refractivity contribution in [2.45, 2.75) is 90.0 Å². The average molecular weight is 576 g/mol. The molecule has 0 saturated carbocycles. The summed E-state index contributed by atoms with van der Waals surface area (Å²) in [6.07, 6.45) is 37.1. The summed E-state index contributed by atoms with van der Waals surface area (Å²) in [6, 6.07) is 2.73. The second-order valence-electron chi connectivity index (χ2n) is 9.80. The van der Waals surface area contributed by atoms with Crippen molar-refractivity contribution in [3.05, 3.63) is 96.9 Å². The van der Waals surface area contributed by atoms with E-state index >= 15 is 0 Å². The van der Waals surface area contributed by atoms with Crippen LogP contribution in [0.5, 0.6) is 0 Å². The standard InChI is InChI=1S/C35H49N3O4/c1-2-3-4-5-6-7-8-9-10-11-12-13-14-15-16-17-18-26-33(39)37-29-20-19-25-32(35(41)42)38-34(40)27-21-23-31-24-22-28-36-30-31/h3-4,6-7,9-10,12-13,15-16,21-24,28,30,32H,2,5,8,11,14,17-20,25-27,29H2,1H3,(H,37,39)(H,38,40)(H,41,42)/b4-3-,7-6-,10-9-,13-12-,16-15-,23-21+/t32-/m0/s1. The number of hydrogen-bond donors (Lipinski definition) is 3. The number of carboxylic acids is 1. The van der Waals surface area contributed by atoms with Crippen LogP contribution < -0.4 is 10.6 Å². The van der Waals surface area contributed by atoms with Crippen LogP contribution in [0.15, 0.2) is 91.4 Å². The van der Waals surface area contributed by atoms with E-state index in [1.54, 1.807) is 30.6 Å². The summed E-state index contributed by atoms with van der Waals surface area (Å²) in [5.41, 5.74) is 0.872. The highest BCUT2D eigenvalue weighted by Gasteiger charge is 2.18. The van der Waals surface area contributed by atoms with Gasteiger partial charge in [-0.3, -0.25) is 14.6 Å². The minimum absolute atomic E-state index is 0.00541. The average Bonchev–Trinajstić information content (AvgIpc) is 2.98. The number of amides is 2. The van der Waals surface area contributed by atoms with Gasteiger partial charge >= 0.3 is 5.97 Å². The van der Waals surface area contributed by atoms with Gasteiger partial charge in [-0.15, -0.1) is 0 Å². The molecule has 1 rings (SSSR count). The zero-order chi connectivity index (χ0) is 30.5. The molecule has 1 aromatic heterocycles. The van der Waals surface area contributed by atoms with Crippen molar-refractivity contribution in [1.29, 1.82) is 0 Å². The summed E-state index contributed by atoms with van der Waals surface area (Å²) in [7, 11) is 0. The maximum Gasteiger partial charge on any atom is 0.326 e. The van der Waals surface area contributed by atoms with Crippen LogP contribution in [-0.4, -0.2) is 40.5 Å². The Morgan fingerprint density at radius 3 is 2.07 bits per heavy atom. The Morgan fingerprint density at radius 1 is 0.833 bits per heavy atom. The number of rotatable bonds is 23. The molecule has 0 spiro atoms. The monoisotopic (exact) mass is 575 g/mol. The molecule has 228 valence electrons. The Morgan fingerprint density at radius 2 is 1.48 bits per heavy atom. The van der Waals surface area contributed by atoms with Gasteiger partial charge in [0, 0.05) is 31.8 Å². The van der Waals surface area contributed by atoms with Gasteiger partial charge in [-0.25, -0.2) is 4.79 Å². The van der Waals surface area contributed by atoms with Gasteiger partial charge in [0.05, 0.1) is 0 Å². The number of aromatic nitrogens is 1. The molecule has 0 bridgehead atoms. The molecular formula is C35H49N3O4. The summed E-state index contributed by atoms with van der Waals surface area (Å²) in [4.78, 5) is 39.7. The van der Waals surface area contributed by atoms with Crippen LogP contribution in [0.1, 0.15) is 89.5 Å². The molecule has 0 fully saturated rings. The van der Waals surface area contributed by atoms with Gasteiger partial charge in [0.15, 0.2) is 0 Å². The van der Waals surface area contributed by atoms with Crippen LogP contribution in [-0.2, 0) is 14.4 Å². The van der Waals surface area contributed by atoms with Crippen molar-refractivity contribution in [1.82, 2.24) is 15.6 Å². The Hall–Kier alpha value is -4.00. The fourth-order valence-electron chi connectivity index (χ4n) is 3.83. The van der Waals surface area contributed by atoms with Crippen molar-refractivity contribution in [2.75, 3.05) is 6.54 Å². The van der Waals surface area contributed by atoms with E-state index in [0.29, 0.717) is 32.2 Å². The Kier molecular flexibility index (Phi) is 22.2. The van der Waals surface area contributed by atoms with Crippen LogP contribution in [0.4, 0.5) is 0 Å². The molecule has 1 aromatic rings. The highest BCUT2D eigenvalue weighted by molar-refractivity contribution is 5.84. The third kappa shape index (κ3) is 21.8. The quantitative estimate of drug-likeness (QED) is 0.0940. The summed E-state index contributed by atoms with van der Waals surface area (Å²) in [6.45, 7) is 2.63. The number of carbonyl (C=O) groups excluding carboxylic acids is 2. The molecule has 7 heteroatoms. The molecule has 1 heterocycles. The van der Waals surface area contributed by atoms with E-state index in [1.165, 1.54) is 0 Å². The first-order valence-corrected chi connectivity index (χ1v) is 15.1. The number of aliphatic carboxylic acids is 1. The SMILES string of the molecule is CC/C=C\C/C=C\C/C=C\C/C=C\C/C=C\CCCC(=O)NCCCC[C@H](NC(=O)C/C=C/c1cccnc1)C(=O)O. The molecule has 42 heavy (non-hydrogen) atoms. The van der Waals surface area contributed by atoms with Gasteiger partial charge < -0.3 is 15.7 Å².